The van der Waals surface area contributed by atoms with Crippen LogP contribution in [0, 0.1) is 11.3 Å². The summed E-state index contributed by atoms with van der Waals surface area (Å²) in [5.41, 5.74) is 2.03. The highest BCUT2D eigenvalue weighted by atomic mass is 16.3. The molecule has 0 saturated heterocycles. The van der Waals surface area contributed by atoms with Gasteiger partial charge in [0.15, 0.2) is 0 Å². The SMILES string of the molecule is N#Cc1ccc(C(=O)NCC2(O)CCc3ccccc32)cc1. The lowest BCUT2D eigenvalue weighted by atomic mass is 9.96. The van der Waals surface area contributed by atoms with Crippen molar-refractivity contribution in [1.29, 1.82) is 5.26 Å². The number of carbonyl (C=O) groups excluding carboxylic acids is 1. The molecule has 0 saturated carbocycles. The molecule has 0 spiro atoms. The topological polar surface area (TPSA) is 73.1 Å². The largest absolute Gasteiger partial charge is 0.383 e. The molecular weight excluding hydrogens is 276 g/mol. The number of hydrogen-bond acceptors (Lipinski definition) is 3. The Morgan fingerprint density at radius 1 is 1.23 bits per heavy atom. The van der Waals surface area contributed by atoms with E-state index in [1.165, 1.54) is 0 Å². The first-order valence-electron chi connectivity index (χ1n) is 7.21. The second-order valence-electron chi connectivity index (χ2n) is 5.56. The third-order valence-electron chi connectivity index (χ3n) is 4.14. The lowest BCUT2D eigenvalue weighted by Crippen LogP contribution is -2.39. The summed E-state index contributed by atoms with van der Waals surface area (Å²) in [7, 11) is 0. The molecule has 22 heavy (non-hydrogen) atoms. The van der Waals surface area contributed by atoms with Gasteiger partial charge in [0.1, 0.15) is 5.60 Å². The van der Waals surface area contributed by atoms with Crippen LogP contribution in [0.3, 0.4) is 0 Å². The molecule has 1 amide bonds. The maximum absolute atomic E-state index is 12.2. The van der Waals surface area contributed by atoms with Gasteiger partial charge in [0.25, 0.3) is 5.91 Å². The summed E-state index contributed by atoms with van der Waals surface area (Å²) in [6.07, 6.45) is 1.43. The Labute approximate surface area is 129 Å². The van der Waals surface area contributed by atoms with Crippen molar-refractivity contribution in [1.82, 2.24) is 5.32 Å². The van der Waals surface area contributed by atoms with Crippen LogP contribution in [0.1, 0.15) is 33.5 Å². The summed E-state index contributed by atoms with van der Waals surface area (Å²) in [5, 5.41) is 22.3. The van der Waals surface area contributed by atoms with Crippen molar-refractivity contribution in [3.63, 3.8) is 0 Å². The molecule has 1 aliphatic rings. The number of hydrogen-bond donors (Lipinski definition) is 2. The first kappa shape index (κ1) is 14.3. The first-order valence-corrected chi connectivity index (χ1v) is 7.21. The van der Waals surface area contributed by atoms with Gasteiger partial charge in [0.2, 0.25) is 0 Å². The van der Waals surface area contributed by atoms with Crippen LogP contribution in [0.15, 0.2) is 48.5 Å². The minimum atomic E-state index is -1.00. The number of nitrogens with one attached hydrogen (secondary N) is 1. The highest BCUT2D eigenvalue weighted by Gasteiger charge is 2.36. The molecule has 0 radical (unpaired) electrons. The highest BCUT2D eigenvalue weighted by molar-refractivity contribution is 5.94. The summed E-state index contributed by atoms with van der Waals surface area (Å²) in [6, 6.07) is 16.2. The number of fused-ring (bicyclic) bond motifs is 1. The Kier molecular flexibility index (Phi) is 3.66. The van der Waals surface area contributed by atoms with Crippen molar-refractivity contribution < 1.29 is 9.90 Å². The minimum Gasteiger partial charge on any atom is -0.383 e. The van der Waals surface area contributed by atoms with E-state index in [1.54, 1.807) is 24.3 Å². The Hall–Kier alpha value is -2.64. The maximum atomic E-state index is 12.2. The molecule has 2 aromatic rings. The van der Waals surface area contributed by atoms with E-state index in [1.807, 2.05) is 30.3 Å². The van der Waals surface area contributed by atoms with E-state index in [0.717, 1.165) is 17.5 Å². The van der Waals surface area contributed by atoms with E-state index in [9.17, 15) is 9.90 Å². The molecule has 0 aromatic heterocycles. The lowest BCUT2D eigenvalue weighted by molar-refractivity contribution is 0.0369. The second-order valence-corrected chi connectivity index (χ2v) is 5.56. The van der Waals surface area contributed by atoms with Gasteiger partial charge in [-0.05, 0) is 48.2 Å². The van der Waals surface area contributed by atoms with E-state index < -0.39 is 5.60 Å². The van der Waals surface area contributed by atoms with E-state index in [2.05, 4.69) is 5.32 Å². The molecule has 0 fully saturated rings. The van der Waals surface area contributed by atoms with Crippen LogP contribution in [0.5, 0.6) is 0 Å². The monoisotopic (exact) mass is 292 g/mol. The molecule has 0 heterocycles. The van der Waals surface area contributed by atoms with Gasteiger partial charge in [0, 0.05) is 5.56 Å². The zero-order valence-electron chi connectivity index (χ0n) is 12.0. The number of benzene rings is 2. The number of nitriles is 1. The zero-order valence-corrected chi connectivity index (χ0v) is 12.0. The third-order valence-corrected chi connectivity index (χ3v) is 4.14. The van der Waals surface area contributed by atoms with Gasteiger partial charge in [-0.2, -0.15) is 5.26 Å². The van der Waals surface area contributed by atoms with Gasteiger partial charge < -0.3 is 10.4 Å². The van der Waals surface area contributed by atoms with Crippen molar-refractivity contribution in [3.05, 3.63) is 70.8 Å². The van der Waals surface area contributed by atoms with Gasteiger partial charge in [-0.15, -0.1) is 0 Å². The number of carbonyl (C=O) groups is 1. The predicted molar refractivity (Wildman–Crippen MR) is 82.2 cm³/mol. The number of aliphatic hydroxyl groups is 1. The Balaban J connectivity index is 1.70. The summed E-state index contributed by atoms with van der Waals surface area (Å²) in [5.74, 6) is -0.248. The van der Waals surface area contributed by atoms with Crippen molar-refractivity contribution >= 4 is 5.91 Å². The highest BCUT2D eigenvalue weighted by Crippen LogP contribution is 2.36. The summed E-state index contributed by atoms with van der Waals surface area (Å²) >= 11 is 0. The van der Waals surface area contributed by atoms with Crippen molar-refractivity contribution in [2.45, 2.75) is 18.4 Å². The molecule has 4 nitrogen and oxygen atoms in total. The molecular formula is C18H16N2O2. The van der Waals surface area contributed by atoms with Crippen LogP contribution >= 0.6 is 0 Å². The van der Waals surface area contributed by atoms with Crippen LogP contribution in [0.2, 0.25) is 0 Å². The summed E-state index contributed by atoms with van der Waals surface area (Å²) < 4.78 is 0. The molecule has 2 aromatic carbocycles. The fraction of sp³-hybridized carbons (Fsp3) is 0.222. The van der Waals surface area contributed by atoms with E-state index >= 15 is 0 Å². The van der Waals surface area contributed by atoms with Crippen LogP contribution < -0.4 is 5.32 Å². The molecule has 2 N–H and O–H groups in total. The van der Waals surface area contributed by atoms with Crippen LogP contribution in [-0.4, -0.2) is 17.6 Å². The molecule has 0 aliphatic heterocycles. The normalized spacial score (nSPS) is 19.3. The maximum Gasteiger partial charge on any atom is 0.251 e. The van der Waals surface area contributed by atoms with Gasteiger partial charge in [0.05, 0.1) is 18.2 Å². The smallest absolute Gasteiger partial charge is 0.251 e. The van der Waals surface area contributed by atoms with Crippen LogP contribution in [0.25, 0.3) is 0 Å². The number of nitrogens with zero attached hydrogens (tertiary/aromatic N) is 1. The Morgan fingerprint density at radius 2 is 1.95 bits per heavy atom. The summed E-state index contributed by atoms with van der Waals surface area (Å²) in [6.45, 7) is 0.183. The molecule has 1 aliphatic carbocycles. The number of aryl methyl sites for hydroxylation is 1. The molecule has 3 rings (SSSR count). The second kappa shape index (κ2) is 5.63. The van der Waals surface area contributed by atoms with E-state index in [4.69, 9.17) is 5.26 Å². The van der Waals surface area contributed by atoms with Crippen LogP contribution in [-0.2, 0) is 12.0 Å². The molecule has 110 valence electrons. The Bertz CT molecular complexity index is 746. The third kappa shape index (κ3) is 2.59. The molecule has 1 unspecified atom stereocenters. The van der Waals surface area contributed by atoms with Gasteiger partial charge in [-0.1, -0.05) is 24.3 Å². The number of rotatable bonds is 3. The minimum absolute atomic E-state index is 0.183. The van der Waals surface area contributed by atoms with Crippen molar-refractivity contribution in [3.8, 4) is 6.07 Å². The Morgan fingerprint density at radius 3 is 2.68 bits per heavy atom. The fourth-order valence-corrected chi connectivity index (χ4v) is 2.88. The van der Waals surface area contributed by atoms with Crippen molar-refractivity contribution in [2.24, 2.45) is 0 Å². The molecule has 1 atom stereocenters. The van der Waals surface area contributed by atoms with Crippen molar-refractivity contribution in [2.75, 3.05) is 6.54 Å². The van der Waals surface area contributed by atoms with Gasteiger partial charge >= 0.3 is 0 Å². The van der Waals surface area contributed by atoms with E-state index in [0.29, 0.717) is 17.5 Å². The van der Waals surface area contributed by atoms with E-state index in [-0.39, 0.29) is 12.5 Å². The molecule has 4 heteroatoms. The lowest BCUT2D eigenvalue weighted by Gasteiger charge is -2.24. The van der Waals surface area contributed by atoms with Gasteiger partial charge in [-0.3, -0.25) is 4.79 Å². The standard InChI is InChI=1S/C18H16N2O2/c19-11-13-5-7-15(8-6-13)17(21)20-12-18(22)10-9-14-3-1-2-4-16(14)18/h1-8,22H,9-10,12H2,(H,20,21). The van der Waals surface area contributed by atoms with Crippen LogP contribution in [0.4, 0.5) is 0 Å². The average molecular weight is 292 g/mol. The summed E-state index contributed by atoms with van der Waals surface area (Å²) in [4.78, 5) is 12.2. The number of amides is 1. The molecule has 0 bridgehead atoms. The quantitative estimate of drug-likeness (QED) is 0.910. The first-order chi connectivity index (χ1) is 10.6. The predicted octanol–water partition coefficient (Wildman–Crippen LogP) is 2.12. The zero-order chi connectivity index (χ0) is 15.6. The average Bonchev–Trinajstić information content (AvgIpc) is 2.91. The van der Waals surface area contributed by atoms with Gasteiger partial charge in [-0.25, -0.2) is 0 Å². The fourth-order valence-electron chi connectivity index (χ4n) is 2.88.